The van der Waals surface area contributed by atoms with Crippen molar-refractivity contribution >= 4 is 5.91 Å². The van der Waals surface area contributed by atoms with Gasteiger partial charge in [-0.05, 0) is 31.4 Å². The van der Waals surface area contributed by atoms with E-state index in [4.69, 9.17) is 0 Å². The first-order chi connectivity index (χ1) is 11.0. The van der Waals surface area contributed by atoms with Crippen molar-refractivity contribution in [2.75, 3.05) is 13.1 Å². The summed E-state index contributed by atoms with van der Waals surface area (Å²) in [4.78, 5) is 18.3. The minimum absolute atomic E-state index is 0.0408. The maximum absolute atomic E-state index is 12.0. The Morgan fingerprint density at radius 2 is 2.09 bits per heavy atom. The van der Waals surface area contributed by atoms with Gasteiger partial charge >= 0.3 is 0 Å². The number of benzene rings is 1. The standard InChI is InChI=1S/C17H23N5O/c1-17(2,11-19-16(23)10-22-13-18-12-20-22)21-8-7-14-5-3-4-6-15(14)9-21/h3-6,12-13H,7-11H2,1-2H3,(H,19,23). The highest BCUT2D eigenvalue weighted by molar-refractivity contribution is 5.75. The topological polar surface area (TPSA) is 63.1 Å². The van der Waals surface area contributed by atoms with Crippen LogP contribution in [0.5, 0.6) is 0 Å². The van der Waals surface area contributed by atoms with Crippen LogP contribution in [0, 0.1) is 0 Å². The van der Waals surface area contributed by atoms with E-state index in [1.807, 2.05) is 0 Å². The number of hydrogen-bond donors (Lipinski definition) is 1. The molecule has 0 spiro atoms. The van der Waals surface area contributed by atoms with Crippen LogP contribution in [0.2, 0.25) is 0 Å². The van der Waals surface area contributed by atoms with Crippen molar-refractivity contribution < 1.29 is 4.79 Å². The zero-order valence-electron chi connectivity index (χ0n) is 13.7. The fourth-order valence-corrected chi connectivity index (χ4v) is 2.96. The molecule has 2 aromatic rings. The van der Waals surface area contributed by atoms with Gasteiger partial charge in [0.05, 0.1) is 0 Å². The van der Waals surface area contributed by atoms with Crippen molar-refractivity contribution in [3.63, 3.8) is 0 Å². The third-order valence-corrected chi connectivity index (χ3v) is 4.48. The van der Waals surface area contributed by atoms with Crippen molar-refractivity contribution in [3.05, 3.63) is 48.0 Å². The highest BCUT2D eigenvalue weighted by Gasteiger charge is 2.30. The molecule has 23 heavy (non-hydrogen) atoms. The van der Waals surface area contributed by atoms with Gasteiger partial charge in [0.2, 0.25) is 5.91 Å². The Balaban J connectivity index is 1.56. The number of carbonyl (C=O) groups excluding carboxylic acids is 1. The molecule has 6 nitrogen and oxygen atoms in total. The zero-order chi connectivity index (χ0) is 16.3. The lowest BCUT2D eigenvalue weighted by Gasteiger charge is -2.41. The molecule has 1 amide bonds. The Hall–Kier alpha value is -2.21. The Labute approximate surface area is 136 Å². The maximum atomic E-state index is 12.0. The van der Waals surface area contributed by atoms with Gasteiger partial charge in [0.15, 0.2) is 0 Å². The van der Waals surface area contributed by atoms with E-state index in [0.29, 0.717) is 6.54 Å². The molecule has 0 bridgehead atoms. The fourth-order valence-electron chi connectivity index (χ4n) is 2.96. The Morgan fingerprint density at radius 3 is 2.83 bits per heavy atom. The predicted molar refractivity (Wildman–Crippen MR) is 87.7 cm³/mol. The molecule has 3 rings (SSSR count). The molecule has 122 valence electrons. The molecule has 1 aliphatic heterocycles. The van der Waals surface area contributed by atoms with Crippen molar-refractivity contribution in [2.45, 2.75) is 38.9 Å². The van der Waals surface area contributed by atoms with Crippen LogP contribution in [0.4, 0.5) is 0 Å². The second-order valence-corrected chi connectivity index (χ2v) is 6.62. The van der Waals surface area contributed by atoms with E-state index in [-0.39, 0.29) is 18.0 Å². The average molecular weight is 313 g/mol. The molecule has 2 heterocycles. The smallest absolute Gasteiger partial charge is 0.241 e. The third kappa shape index (κ3) is 3.76. The lowest BCUT2D eigenvalue weighted by atomic mass is 9.94. The van der Waals surface area contributed by atoms with Gasteiger partial charge in [-0.2, -0.15) is 5.10 Å². The maximum Gasteiger partial charge on any atom is 0.241 e. The number of hydrogen-bond acceptors (Lipinski definition) is 4. The van der Waals surface area contributed by atoms with Crippen LogP contribution in [-0.2, 0) is 24.3 Å². The van der Waals surface area contributed by atoms with Gasteiger partial charge in [0.25, 0.3) is 0 Å². The van der Waals surface area contributed by atoms with E-state index in [1.165, 1.54) is 22.1 Å². The molecule has 1 aromatic heterocycles. The van der Waals surface area contributed by atoms with Crippen LogP contribution in [0.15, 0.2) is 36.9 Å². The summed E-state index contributed by atoms with van der Waals surface area (Å²) in [6.07, 6.45) is 4.04. The van der Waals surface area contributed by atoms with Crippen LogP contribution in [0.25, 0.3) is 0 Å². The summed E-state index contributed by atoms with van der Waals surface area (Å²) < 4.78 is 1.53. The molecule has 1 aliphatic rings. The lowest BCUT2D eigenvalue weighted by Crippen LogP contribution is -2.53. The van der Waals surface area contributed by atoms with Crippen LogP contribution in [0.3, 0.4) is 0 Å². The molecule has 0 atom stereocenters. The second kappa shape index (κ2) is 6.50. The quantitative estimate of drug-likeness (QED) is 0.902. The molecule has 0 fully saturated rings. The molecule has 6 heteroatoms. The predicted octanol–water partition coefficient (Wildman–Crippen LogP) is 1.23. The minimum atomic E-state index is -0.0917. The number of aromatic nitrogens is 3. The number of rotatable bonds is 5. The first-order valence-electron chi connectivity index (χ1n) is 7.95. The minimum Gasteiger partial charge on any atom is -0.353 e. The molecular weight excluding hydrogens is 290 g/mol. The number of carbonyl (C=O) groups is 1. The van der Waals surface area contributed by atoms with Gasteiger partial charge in [-0.15, -0.1) is 0 Å². The van der Waals surface area contributed by atoms with E-state index in [9.17, 15) is 4.79 Å². The van der Waals surface area contributed by atoms with E-state index in [0.717, 1.165) is 19.5 Å². The first kappa shape index (κ1) is 15.7. The Morgan fingerprint density at radius 1 is 1.30 bits per heavy atom. The van der Waals surface area contributed by atoms with Crippen LogP contribution in [0.1, 0.15) is 25.0 Å². The summed E-state index contributed by atoms with van der Waals surface area (Å²) >= 11 is 0. The highest BCUT2D eigenvalue weighted by Crippen LogP contribution is 2.24. The molecular formula is C17H23N5O. The largest absolute Gasteiger partial charge is 0.353 e. The second-order valence-electron chi connectivity index (χ2n) is 6.62. The number of nitrogens with one attached hydrogen (secondary N) is 1. The van der Waals surface area contributed by atoms with Gasteiger partial charge in [-0.3, -0.25) is 9.69 Å². The molecule has 0 saturated carbocycles. The summed E-state index contributed by atoms with van der Waals surface area (Å²) in [6, 6.07) is 8.60. The number of nitrogens with zero attached hydrogens (tertiary/aromatic N) is 4. The highest BCUT2D eigenvalue weighted by atomic mass is 16.2. The summed E-state index contributed by atoms with van der Waals surface area (Å²) in [5.74, 6) is -0.0408. The summed E-state index contributed by atoms with van der Waals surface area (Å²) in [5, 5.41) is 6.96. The Kier molecular flexibility index (Phi) is 4.43. The van der Waals surface area contributed by atoms with Crippen molar-refractivity contribution in [1.82, 2.24) is 25.0 Å². The van der Waals surface area contributed by atoms with Crippen LogP contribution >= 0.6 is 0 Å². The summed E-state index contributed by atoms with van der Waals surface area (Å²) in [6.45, 7) is 7.13. The molecule has 0 unspecified atom stereocenters. The first-order valence-corrected chi connectivity index (χ1v) is 7.95. The molecule has 1 aromatic carbocycles. The van der Waals surface area contributed by atoms with Gasteiger partial charge < -0.3 is 5.32 Å². The lowest BCUT2D eigenvalue weighted by molar-refractivity contribution is -0.122. The summed E-state index contributed by atoms with van der Waals surface area (Å²) in [5.41, 5.74) is 2.74. The SMILES string of the molecule is CC(C)(CNC(=O)Cn1cncn1)N1CCc2ccccc2C1. The molecule has 0 radical (unpaired) electrons. The molecule has 0 saturated heterocycles. The van der Waals surface area contributed by atoms with E-state index < -0.39 is 0 Å². The van der Waals surface area contributed by atoms with E-state index in [1.54, 1.807) is 6.33 Å². The van der Waals surface area contributed by atoms with Crippen LogP contribution < -0.4 is 5.32 Å². The van der Waals surface area contributed by atoms with Gasteiger partial charge in [-0.1, -0.05) is 24.3 Å². The van der Waals surface area contributed by atoms with Gasteiger partial charge in [0, 0.05) is 25.2 Å². The molecule has 1 N–H and O–H groups in total. The summed E-state index contributed by atoms with van der Waals surface area (Å²) in [7, 11) is 0. The zero-order valence-corrected chi connectivity index (χ0v) is 13.7. The van der Waals surface area contributed by atoms with Crippen LogP contribution in [-0.4, -0.2) is 44.2 Å². The van der Waals surface area contributed by atoms with E-state index in [2.05, 4.69) is 58.4 Å². The van der Waals surface area contributed by atoms with Crippen molar-refractivity contribution in [2.24, 2.45) is 0 Å². The normalized spacial score (nSPS) is 15.2. The van der Waals surface area contributed by atoms with E-state index >= 15 is 0 Å². The van der Waals surface area contributed by atoms with Gasteiger partial charge in [-0.25, -0.2) is 9.67 Å². The van der Waals surface area contributed by atoms with Gasteiger partial charge in [0.1, 0.15) is 19.2 Å². The fraction of sp³-hybridized carbons (Fsp3) is 0.471. The molecule has 0 aliphatic carbocycles. The van der Waals surface area contributed by atoms with Crippen molar-refractivity contribution in [3.8, 4) is 0 Å². The monoisotopic (exact) mass is 313 g/mol. The average Bonchev–Trinajstić information content (AvgIpc) is 3.05. The number of fused-ring (bicyclic) bond motifs is 1. The Bertz CT molecular complexity index is 665. The third-order valence-electron chi connectivity index (χ3n) is 4.48. The van der Waals surface area contributed by atoms with Crippen molar-refractivity contribution in [1.29, 1.82) is 0 Å². The number of amides is 1.